The Morgan fingerprint density at radius 2 is 1.84 bits per heavy atom. The van der Waals surface area contributed by atoms with Gasteiger partial charge in [-0.3, -0.25) is 4.99 Å². The number of carbonyl (C=O) groups is 1. The van der Waals surface area contributed by atoms with Crippen LogP contribution in [0.2, 0.25) is 0 Å². The van der Waals surface area contributed by atoms with E-state index in [1.165, 1.54) is 5.56 Å². The number of hydrogen-bond donors (Lipinski definition) is 1. The third-order valence-corrected chi connectivity index (χ3v) is 5.19. The molecule has 0 fully saturated rings. The third kappa shape index (κ3) is 5.95. The summed E-state index contributed by atoms with van der Waals surface area (Å²) >= 11 is 0. The van der Waals surface area contributed by atoms with E-state index in [4.69, 9.17) is 14.6 Å². The van der Waals surface area contributed by atoms with Crippen molar-refractivity contribution in [3.8, 4) is 11.5 Å². The van der Waals surface area contributed by atoms with Gasteiger partial charge in [-0.2, -0.15) is 0 Å². The van der Waals surface area contributed by atoms with Crippen LogP contribution < -0.4 is 9.47 Å². The first kappa shape index (κ1) is 22.1. The van der Waals surface area contributed by atoms with Crippen molar-refractivity contribution in [2.75, 3.05) is 7.11 Å². The summed E-state index contributed by atoms with van der Waals surface area (Å²) in [6.45, 7) is 4.65. The monoisotopic (exact) mass is 417 g/mol. The second kappa shape index (κ2) is 10.4. The number of rotatable bonds is 9. The minimum absolute atomic E-state index is 0.233. The lowest BCUT2D eigenvalue weighted by Crippen LogP contribution is -2.01. The van der Waals surface area contributed by atoms with Gasteiger partial charge in [0.25, 0.3) is 0 Å². The Hall–Kier alpha value is -3.60. The van der Waals surface area contributed by atoms with Crippen LogP contribution in [0.5, 0.6) is 11.5 Å². The van der Waals surface area contributed by atoms with Gasteiger partial charge < -0.3 is 14.6 Å². The highest BCUT2D eigenvalue weighted by molar-refractivity contribution is 5.87. The Kier molecular flexibility index (Phi) is 7.44. The highest BCUT2D eigenvalue weighted by Crippen LogP contribution is 2.29. The Labute approximate surface area is 183 Å². The van der Waals surface area contributed by atoms with Crippen molar-refractivity contribution in [1.29, 1.82) is 0 Å². The SMILES string of the molecule is CC[C@H](C)c1ccc(N=Cc2ccc(OCc3cccc(C(=O)O)c3)c(OC)c2)cc1. The van der Waals surface area contributed by atoms with Gasteiger partial charge in [0.1, 0.15) is 6.61 Å². The number of nitrogens with zero attached hydrogens (tertiary/aromatic N) is 1. The second-order valence-electron chi connectivity index (χ2n) is 7.36. The van der Waals surface area contributed by atoms with Crippen LogP contribution in [0.3, 0.4) is 0 Å². The van der Waals surface area contributed by atoms with Gasteiger partial charge in [-0.15, -0.1) is 0 Å². The Bertz CT molecular complexity index is 1060. The van der Waals surface area contributed by atoms with E-state index in [1.807, 2.05) is 36.4 Å². The molecule has 0 aliphatic carbocycles. The molecule has 0 saturated heterocycles. The molecular weight excluding hydrogens is 390 g/mol. The number of carboxylic acid groups (broad SMARTS) is 1. The zero-order chi connectivity index (χ0) is 22.2. The van der Waals surface area contributed by atoms with Gasteiger partial charge in [0.15, 0.2) is 11.5 Å². The van der Waals surface area contributed by atoms with Crippen LogP contribution in [-0.4, -0.2) is 24.4 Å². The van der Waals surface area contributed by atoms with E-state index in [2.05, 4.69) is 31.0 Å². The fraction of sp³-hybridized carbons (Fsp3) is 0.231. The highest BCUT2D eigenvalue weighted by Gasteiger charge is 2.08. The lowest BCUT2D eigenvalue weighted by Gasteiger charge is -2.12. The first-order chi connectivity index (χ1) is 15.0. The molecule has 0 bridgehead atoms. The molecule has 0 aliphatic rings. The number of ether oxygens (including phenoxy) is 2. The number of hydrogen-bond acceptors (Lipinski definition) is 4. The van der Waals surface area contributed by atoms with Crippen LogP contribution >= 0.6 is 0 Å². The molecule has 0 heterocycles. The molecule has 0 aliphatic heterocycles. The summed E-state index contributed by atoms with van der Waals surface area (Å²) in [4.78, 5) is 15.7. The summed E-state index contributed by atoms with van der Waals surface area (Å²) in [7, 11) is 1.59. The van der Waals surface area contributed by atoms with Crippen molar-refractivity contribution >= 4 is 17.9 Å². The molecule has 5 heteroatoms. The summed E-state index contributed by atoms with van der Waals surface area (Å²) in [5.41, 5.74) is 4.11. The molecule has 0 spiro atoms. The van der Waals surface area contributed by atoms with E-state index in [0.717, 1.165) is 23.2 Å². The predicted octanol–water partition coefficient (Wildman–Crippen LogP) is 6.24. The molecule has 0 amide bonds. The fourth-order valence-corrected chi connectivity index (χ4v) is 3.11. The fourth-order valence-electron chi connectivity index (χ4n) is 3.11. The summed E-state index contributed by atoms with van der Waals surface area (Å²) in [6, 6.07) is 20.6. The van der Waals surface area contributed by atoms with Crippen LogP contribution in [0.25, 0.3) is 0 Å². The number of aromatic carboxylic acids is 1. The van der Waals surface area contributed by atoms with Gasteiger partial charge >= 0.3 is 5.97 Å². The molecule has 0 aromatic heterocycles. The zero-order valence-electron chi connectivity index (χ0n) is 18.0. The first-order valence-electron chi connectivity index (χ1n) is 10.3. The van der Waals surface area contributed by atoms with Crippen LogP contribution in [0.1, 0.15) is 53.2 Å². The maximum absolute atomic E-state index is 11.1. The second-order valence-corrected chi connectivity index (χ2v) is 7.36. The Balaban J connectivity index is 1.68. The van der Waals surface area contributed by atoms with Crippen LogP contribution in [0.15, 0.2) is 71.7 Å². The predicted molar refractivity (Wildman–Crippen MR) is 123 cm³/mol. The molecular formula is C26H27NO4. The van der Waals surface area contributed by atoms with Gasteiger partial charge in [-0.1, -0.05) is 38.1 Å². The van der Waals surface area contributed by atoms with Crippen molar-refractivity contribution in [1.82, 2.24) is 0 Å². The molecule has 3 rings (SSSR count). The largest absolute Gasteiger partial charge is 0.493 e. The summed E-state index contributed by atoms with van der Waals surface area (Å²) in [5, 5.41) is 9.12. The van der Waals surface area contributed by atoms with Crippen molar-refractivity contribution in [3.05, 3.63) is 89.0 Å². The Morgan fingerprint density at radius 1 is 1.06 bits per heavy atom. The minimum Gasteiger partial charge on any atom is -0.493 e. The van der Waals surface area contributed by atoms with E-state index < -0.39 is 5.97 Å². The van der Waals surface area contributed by atoms with E-state index >= 15 is 0 Å². The number of benzene rings is 3. The maximum atomic E-state index is 11.1. The van der Waals surface area contributed by atoms with Gasteiger partial charge in [0.05, 0.1) is 18.4 Å². The van der Waals surface area contributed by atoms with Crippen LogP contribution in [0, 0.1) is 0 Å². The summed E-state index contributed by atoms with van der Waals surface area (Å²) in [5.74, 6) is 0.753. The van der Waals surface area contributed by atoms with Gasteiger partial charge in [0, 0.05) is 6.21 Å². The minimum atomic E-state index is -0.961. The zero-order valence-corrected chi connectivity index (χ0v) is 18.0. The van der Waals surface area contributed by atoms with Crippen molar-refractivity contribution in [2.45, 2.75) is 32.8 Å². The van der Waals surface area contributed by atoms with Gasteiger partial charge in [0.2, 0.25) is 0 Å². The molecule has 3 aromatic carbocycles. The summed E-state index contributed by atoms with van der Waals surface area (Å²) < 4.78 is 11.3. The van der Waals surface area contributed by atoms with E-state index in [1.54, 1.807) is 31.5 Å². The molecule has 0 unspecified atom stereocenters. The standard InChI is InChI=1S/C26H27NO4/c1-4-18(2)21-9-11-23(12-10-21)27-16-19-8-13-24(25(15-19)30-3)31-17-20-6-5-7-22(14-20)26(28)29/h5-16,18H,4,17H2,1-3H3,(H,28,29)/t18-/m0/s1. The molecule has 3 aromatic rings. The molecule has 160 valence electrons. The van der Waals surface area contributed by atoms with Crippen LogP contribution in [-0.2, 0) is 6.61 Å². The van der Waals surface area contributed by atoms with E-state index in [9.17, 15) is 4.79 Å². The normalized spacial score (nSPS) is 12.0. The lowest BCUT2D eigenvalue weighted by molar-refractivity contribution is 0.0696. The average Bonchev–Trinajstić information content (AvgIpc) is 2.81. The van der Waals surface area contributed by atoms with Gasteiger partial charge in [-0.25, -0.2) is 4.79 Å². The Morgan fingerprint density at radius 3 is 2.52 bits per heavy atom. The molecule has 1 atom stereocenters. The number of methoxy groups -OCH3 is 1. The highest BCUT2D eigenvalue weighted by atomic mass is 16.5. The molecule has 1 N–H and O–H groups in total. The summed E-state index contributed by atoms with van der Waals surface area (Å²) in [6.07, 6.45) is 2.91. The lowest BCUT2D eigenvalue weighted by atomic mass is 9.99. The van der Waals surface area contributed by atoms with Crippen LogP contribution in [0.4, 0.5) is 5.69 Å². The topological polar surface area (TPSA) is 68.1 Å². The van der Waals surface area contributed by atoms with E-state index in [-0.39, 0.29) is 12.2 Å². The molecule has 31 heavy (non-hydrogen) atoms. The number of aliphatic imine (C=N–C) groups is 1. The van der Waals surface area contributed by atoms with E-state index in [0.29, 0.717) is 17.4 Å². The van der Waals surface area contributed by atoms with Crippen molar-refractivity contribution in [2.24, 2.45) is 4.99 Å². The van der Waals surface area contributed by atoms with Crippen molar-refractivity contribution < 1.29 is 19.4 Å². The maximum Gasteiger partial charge on any atom is 0.335 e. The smallest absolute Gasteiger partial charge is 0.335 e. The average molecular weight is 418 g/mol. The first-order valence-corrected chi connectivity index (χ1v) is 10.3. The van der Waals surface area contributed by atoms with Crippen molar-refractivity contribution in [3.63, 3.8) is 0 Å². The van der Waals surface area contributed by atoms with Gasteiger partial charge in [-0.05, 0) is 71.5 Å². The molecule has 0 radical (unpaired) electrons. The third-order valence-electron chi connectivity index (χ3n) is 5.19. The quantitative estimate of drug-likeness (QED) is 0.419. The molecule has 0 saturated carbocycles. The molecule has 5 nitrogen and oxygen atoms in total. The number of carboxylic acids is 1.